The van der Waals surface area contributed by atoms with Gasteiger partial charge < -0.3 is 15.6 Å². The van der Waals surface area contributed by atoms with Crippen LogP contribution >= 0.6 is 0 Å². The highest BCUT2D eigenvalue weighted by atomic mass is 19.1. The Bertz CT molecular complexity index is 646. The molecule has 1 aliphatic heterocycles. The number of nitrogens with two attached hydrogens (primary N) is 1. The highest BCUT2D eigenvalue weighted by Gasteiger charge is 2.41. The van der Waals surface area contributed by atoms with Crippen LogP contribution in [-0.4, -0.2) is 36.8 Å². The van der Waals surface area contributed by atoms with E-state index in [4.69, 9.17) is 10.5 Å². The van der Waals surface area contributed by atoms with Crippen molar-refractivity contribution in [2.24, 2.45) is 5.92 Å². The topological polar surface area (TPSA) is 99.1 Å². The molecule has 0 radical (unpaired) electrons. The number of hydrogen-bond donors (Lipinski definition) is 2. The number of hydrogen-bond acceptors (Lipinski definition) is 6. The predicted octanol–water partition coefficient (Wildman–Crippen LogP) is 0.852. The van der Waals surface area contributed by atoms with Gasteiger partial charge in [-0.25, -0.2) is 4.98 Å². The maximum absolute atomic E-state index is 13.3. The number of ether oxygens (including phenoxy) is 1. The fraction of sp³-hybridized carbons (Fsp3) is 0.583. The minimum absolute atomic E-state index is 0.00973. The summed E-state index contributed by atoms with van der Waals surface area (Å²) in [6.07, 6.45) is -0.00659. The second-order valence-electron chi connectivity index (χ2n) is 5.02. The molecule has 0 bridgehead atoms. The molecule has 1 unspecified atom stereocenters. The third-order valence-corrected chi connectivity index (χ3v) is 3.78. The molecule has 20 heavy (non-hydrogen) atoms. The number of nitrogens with zero attached hydrogens (tertiary/aromatic N) is 4. The molecule has 3 rings (SSSR count). The Morgan fingerprint density at radius 1 is 1.50 bits per heavy atom. The smallest absolute Gasteiger partial charge is 0.312 e. The van der Waals surface area contributed by atoms with Gasteiger partial charge in [0.05, 0.1) is 18.5 Å². The lowest BCUT2D eigenvalue weighted by Gasteiger charge is -2.17. The van der Waals surface area contributed by atoms with Crippen molar-refractivity contribution < 1.29 is 14.2 Å². The number of aliphatic hydroxyl groups excluding tert-OH is 1. The molecular weight excluding hydrogens is 265 g/mol. The number of anilines is 1. The molecule has 3 heterocycles. The highest BCUT2D eigenvalue weighted by molar-refractivity contribution is 5.81. The zero-order valence-corrected chi connectivity index (χ0v) is 11.2. The van der Waals surface area contributed by atoms with E-state index in [0.717, 1.165) is 0 Å². The maximum Gasteiger partial charge on any atom is 0.312 e. The van der Waals surface area contributed by atoms with Crippen LogP contribution in [0.2, 0.25) is 0 Å². The van der Waals surface area contributed by atoms with Gasteiger partial charge in [-0.05, 0) is 6.42 Å². The molecule has 3 N–H and O–H groups in total. The van der Waals surface area contributed by atoms with Gasteiger partial charge in [0.1, 0.15) is 6.23 Å². The maximum atomic E-state index is 13.3. The molecule has 1 aliphatic rings. The van der Waals surface area contributed by atoms with Crippen molar-refractivity contribution in [1.29, 1.82) is 0 Å². The minimum atomic E-state index is -0.907. The molecule has 0 amide bonds. The first-order chi connectivity index (χ1) is 9.52. The average Bonchev–Trinajstić information content (AvgIpc) is 2.93. The molecule has 0 aromatic carbocycles. The molecule has 7 nitrogen and oxygen atoms in total. The number of rotatable bonds is 2. The van der Waals surface area contributed by atoms with E-state index in [1.54, 1.807) is 4.57 Å². The molecule has 108 valence electrons. The van der Waals surface area contributed by atoms with Crippen LogP contribution in [0.4, 0.5) is 10.2 Å². The fourth-order valence-corrected chi connectivity index (χ4v) is 2.64. The number of fused-ring (bicyclic) bond motifs is 1. The summed E-state index contributed by atoms with van der Waals surface area (Å²) in [6.45, 7) is 3.81. The summed E-state index contributed by atoms with van der Waals surface area (Å²) in [5, 5.41) is 10.1. The van der Waals surface area contributed by atoms with Crippen LogP contribution in [0.15, 0.2) is 6.33 Å². The van der Waals surface area contributed by atoms with Gasteiger partial charge in [0, 0.05) is 5.92 Å². The molecule has 0 saturated carbocycles. The van der Waals surface area contributed by atoms with Crippen LogP contribution in [0.3, 0.4) is 0 Å². The van der Waals surface area contributed by atoms with E-state index in [1.807, 2.05) is 13.8 Å². The van der Waals surface area contributed by atoms with Crippen molar-refractivity contribution >= 4 is 17.0 Å². The Morgan fingerprint density at radius 2 is 2.25 bits per heavy atom. The monoisotopic (exact) mass is 281 g/mol. The van der Waals surface area contributed by atoms with E-state index in [2.05, 4.69) is 15.0 Å². The fourth-order valence-electron chi connectivity index (χ4n) is 2.64. The summed E-state index contributed by atoms with van der Waals surface area (Å²) in [5.74, 6) is -0.166. The van der Waals surface area contributed by atoms with Crippen LogP contribution in [-0.2, 0) is 4.74 Å². The van der Waals surface area contributed by atoms with E-state index >= 15 is 0 Å². The molecule has 2 aromatic heterocycles. The quantitative estimate of drug-likeness (QED) is 0.792. The van der Waals surface area contributed by atoms with Gasteiger partial charge in [0.25, 0.3) is 0 Å². The summed E-state index contributed by atoms with van der Waals surface area (Å²) in [4.78, 5) is 11.3. The van der Waals surface area contributed by atoms with E-state index < -0.39 is 18.4 Å². The van der Waals surface area contributed by atoms with E-state index in [0.29, 0.717) is 11.9 Å². The predicted molar refractivity (Wildman–Crippen MR) is 69.1 cm³/mol. The number of nitrogen functional groups attached to an aromatic ring is 1. The van der Waals surface area contributed by atoms with Crippen LogP contribution in [0.1, 0.15) is 26.5 Å². The van der Waals surface area contributed by atoms with Crippen LogP contribution in [0.25, 0.3) is 11.2 Å². The molecule has 1 saturated heterocycles. The minimum Gasteiger partial charge on any atom is -0.390 e. The lowest BCUT2D eigenvalue weighted by atomic mass is 10.0. The van der Waals surface area contributed by atoms with Gasteiger partial charge in [0.2, 0.25) is 0 Å². The summed E-state index contributed by atoms with van der Waals surface area (Å²) in [7, 11) is 0. The lowest BCUT2D eigenvalue weighted by Crippen LogP contribution is -2.24. The largest absolute Gasteiger partial charge is 0.390 e. The van der Waals surface area contributed by atoms with Crippen molar-refractivity contribution in [1.82, 2.24) is 19.5 Å². The molecule has 0 spiro atoms. The summed E-state index contributed by atoms with van der Waals surface area (Å²) in [6, 6.07) is 0. The van der Waals surface area contributed by atoms with Crippen molar-refractivity contribution in [2.75, 3.05) is 5.73 Å². The van der Waals surface area contributed by atoms with Crippen molar-refractivity contribution in [3.05, 3.63) is 12.4 Å². The van der Waals surface area contributed by atoms with E-state index in [1.165, 1.54) is 6.33 Å². The van der Waals surface area contributed by atoms with Crippen LogP contribution in [0, 0.1) is 12.0 Å². The number of aromatic nitrogens is 4. The van der Waals surface area contributed by atoms with E-state index in [9.17, 15) is 9.50 Å². The summed E-state index contributed by atoms with van der Waals surface area (Å²) in [5.41, 5.74) is 6.23. The molecule has 1 fully saturated rings. The van der Waals surface area contributed by atoms with Crippen LogP contribution < -0.4 is 5.73 Å². The van der Waals surface area contributed by atoms with Gasteiger partial charge in [-0.1, -0.05) is 13.8 Å². The first-order valence-electron chi connectivity index (χ1n) is 6.52. The van der Waals surface area contributed by atoms with Crippen molar-refractivity contribution in [2.45, 2.75) is 38.7 Å². The standard InChI is InChI=1S/C12H16FN5O2/c1-3-6-8(19)5(2)11(20-6)18-4-15-7-9(14)16-12(13)17-10(7)18/h4-6,8,11,19H,3H2,1-2H3,(H2,14,16,17)/t5-,6+,8?,11+/m0/s1. The Kier molecular flexibility index (Phi) is 3.06. The number of halogens is 1. The zero-order valence-electron chi connectivity index (χ0n) is 11.2. The zero-order chi connectivity index (χ0) is 14.4. The molecule has 2 aromatic rings. The highest BCUT2D eigenvalue weighted by Crippen LogP contribution is 2.37. The number of imidazole rings is 1. The molecule has 4 atom stereocenters. The third kappa shape index (κ3) is 1.83. The van der Waals surface area contributed by atoms with Gasteiger partial charge in [-0.15, -0.1) is 0 Å². The van der Waals surface area contributed by atoms with Crippen LogP contribution in [0.5, 0.6) is 0 Å². The Morgan fingerprint density at radius 3 is 2.90 bits per heavy atom. The average molecular weight is 281 g/mol. The second kappa shape index (κ2) is 4.64. The second-order valence-corrected chi connectivity index (χ2v) is 5.02. The Hall–Kier alpha value is -1.80. The first kappa shape index (κ1) is 13.2. The Balaban J connectivity index is 2.07. The summed E-state index contributed by atoms with van der Waals surface area (Å²) >= 11 is 0. The van der Waals surface area contributed by atoms with Crippen molar-refractivity contribution in [3.63, 3.8) is 0 Å². The van der Waals surface area contributed by atoms with Gasteiger partial charge in [-0.2, -0.15) is 14.4 Å². The molecule has 8 heteroatoms. The molecular formula is C12H16FN5O2. The van der Waals surface area contributed by atoms with Crippen molar-refractivity contribution in [3.8, 4) is 0 Å². The normalized spacial score (nSPS) is 30.2. The summed E-state index contributed by atoms with van der Waals surface area (Å²) < 4.78 is 20.7. The first-order valence-corrected chi connectivity index (χ1v) is 6.52. The molecule has 0 aliphatic carbocycles. The third-order valence-electron chi connectivity index (χ3n) is 3.78. The Labute approximate surface area is 114 Å². The SMILES string of the molecule is CC[C@H]1O[C@@H](n2cnc3c(N)nc(F)nc32)[C@@H](C)C1O. The lowest BCUT2D eigenvalue weighted by molar-refractivity contribution is -0.0211. The number of aliphatic hydroxyl groups is 1. The van der Waals surface area contributed by atoms with Gasteiger partial charge >= 0.3 is 6.08 Å². The van der Waals surface area contributed by atoms with Gasteiger partial charge in [0.15, 0.2) is 17.0 Å². The van der Waals surface area contributed by atoms with E-state index in [-0.39, 0.29) is 23.5 Å². The van der Waals surface area contributed by atoms with Gasteiger partial charge in [-0.3, -0.25) is 4.57 Å².